The smallest absolute Gasteiger partial charge is 0.337 e. The molecule has 0 bridgehead atoms. The molecule has 0 aromatic heterocycles. The number of hydrogen-bond acceptors (Lipinski definition) is 2. The van der Waals surface area contributed by atoms with Crippen LogP contribution in [0.2, 0.25) is 0 Å². The molecule has 1 saturated heterocycles. The molecular weight excluding hydrogens is 371 g/mol. The Morgan fingerprint density at radius 2 is 1.61 bits per heavy atom. The number of halogens is 3. The molecule has 0 spiro atoms. The summed E-state index contributed by atoms with van der Waals surface area (Å²) in [5.41, 5.74) is 0.224. The number of nitrogens with zero attached hydrogens (tertiary/aromatic N) is 2. The lowest BCUT2D eigenvalue weighted by molar-refractivity contribution is -0.137. The van der Waals surface area contributed by atoms with E-state index in [9.17, 15) is 22.8 Å². The van der Waals surface area contributed by atoms with Crippen LogP contribution >= 0.6 is 0 Å². The van der Waals surface area contributed by atoms with Crippen LogP contribution in [0.25, 0.3) is 0 Å². The molecule has 3 rings (SSSR count). The minimum absolute atomic E-state index is 0.0269. The van der Waals surface area contributed by atoms with Gasteiger partial charge in [-0.1, -0.05) is 18.2 Å². The Morgan fingerprint density at radius 1 is 0.929 bits per heavy atom. The second kappa shape index (κ2) is 8.50. The van der Waals surface area contributed by atoms with Crippen LogP contribution in [-0.4, -0.2) is 47.9 Å². The fraction of sp³-hybridized carbons (Fsp3) is 0.400. The number of nitrogens with one attached hydrogen (secondary N) is 1. The molecule has 5 nitrogen and oxygen atoms in total. The Labute approximate surface area is 161 Å². The predicted molar refractivity (Wildman–Crippen MR) is 99.7 cm³/mol. The SMILES string of the molecule is O=C(Nc1ccc(C(F)(F)F)cc1)N1CCCN(C(=O)C2=CCCC=C2)CC1. The molecule has 3 amide bonds. The second-order valence-corrected chi connectivity index (χ2v) is 6.78. The van der Waals surface area contributed by atoms with Gasteiger partial charge in [0.05, 0.1) is 5.56 Å². The standard InChI is InChI=1S/C20H22F3N3O2/c21-20(22,23)16-7-9-17(10-8-16)24-19(28)26-12-4-11-25(13-14-26)18(27)15-5-2-1-3-6-15/h2,5-10H,1,3-4,11-14H2,(H,24,28). The molecule has 1 fully saturated rings. The van der Waals surface area contributed by atoms with E-state index >= 15 is 0 Å². The maximum absolute atomic E-state index is 12.6. The highest BCUT2D eigenvalue weighted by molar-refractivity contribution is 5.96. The number of urea groups is 1. The van der Waals surface area contributed by atoms with E-state index in [1.54, 1.807) is 9.80 Å². The quantitative estimate of drug-likeness (QED) is 0.824. The van der Waals surface area contributed by atoms with Crippen molar-refractivity contribution >= 4 is 17.6 Å². The van der Waals surface area contributed by atoms with E-state index in [1.165, 1.54) is 12.1 Å². The summed E-state index contributed by atoms with van der Waals surface area (Å²) < 4.78 is 37.9. The van der Waals surface area contributed by atoms with Gasteiger partial charge < -0.3 is 15.1 Å². The van der Waals surface area contributed by atoms with Crippen LogP contribution in [0.5, 0.6) is 0 Å². The molecule has 1 aromatic carbocycles. The molecule has 1 aliphatic heterocycles. The average molecular weight is 393 g/mol. The molecule has 1 aromatic rings. The lowest BCUT2D eigenvalue weighted by Gasteiger charge is -2.23. The van der Waals surface area contributed by atoms with Gasteiger partial charge in [-0.25, -0.2) is 4.79 Å². The number of benzene rings is 1. The molecule has 28 heavy (non-hydrogen) atoms. The topological polar surface area (TPSA) is 52.7 Å². The van der Waals surface area contributed by atoms with Crippen molar-refractivity contribution in [3.63, 3.8) is 0 Å². The van der Waals surface area contributed by atoms with Crippen LogP contribution in [0.1, 0.15) is 24.8 Å². The molecule has 150 valence electrons. The Balaban J connectivity index is 1.56. The van der Waals surface area contributed by atoms with Crippen molar-refractivity contribution in [2.75, 3.05) is 31.5 Å². The number of alkyl halides is 3. The summed E-state index contributed by atoms with van der Waals surface area (Å²) in [6, 6.07) is 3.95. The van der Waals surface area contributed by atoms with E-state index in [-0.39, 0.29) is 11.9 Å². The number of carbonyl (C=O) groups is 2. The summed E-state index contributed by atoms with van der Waals surface area (Å²) >= 11 is 0. The largest absolute Gasteiger partial charge is 0.416 e. The molecule has 1 N–H and O–H groups in total. The number of allylic oxidation sites excluding steroid dienone is 2. The molecule has 1 heterocycles. The number of amides is 3. The fourth-order valence-corrected chi connectivity index (χ4v) is 3.22. The Kier molecular flexibility index (Phi) is 6.06. The van der Waals surface area contributed by atoms with Crippen LogP contribution < -0.4 is 5.32 Å². The molecule has 8 heteroatoms. The van der Waals surface area contributed by atoms with E-state index in [0.717, 1.165) is 25.0 Å². The highest BCUT2D eigenvalue weighted by Crippen LogP contribution is 2.29. The van der Waals surface area contributed by atoms with E-state index in [2.05, 4.69) is 5.32 Å². The summed E-state index contributed by atoms with van der Waals surface area (Å²) in [5, 5.41) is 2.62. The van der Waals surface area contributed by atoms with Gasteiger partial charge in [0, 0.05) is 37.4 Å². The Morgan fingerprint density at radius 3 is 2.25 bits per heavy atom. The van der Waals surface area contributed by atoms with E-state index in [0.29, 0.717) is 43.9 Å². The first-order valence-electron chi connectivity index (χ1n) is 9.24. The second-order valence-electron chi connectivity index (χ2n) is 6.78. The number of rotatable bonds is 2. The molecule has 0 radical (unpaired) electrons. The van der Waals surface area contributed by atoms with Gasteiger partial charge in [-0.3, -0.25) is 4.79 Å². The van der Waals surface area contributed by atoms with Crippen molar-refractivity contribution in [1.29, 1.82) is 0 Å². The third-order valence-electron chi connectivity index (χ3n) is 4.78. The predicted octanol–water partition coefficient (Wildman–Crippen LogP) is 4.05. The van der Waals surface area contributed by atoms with Crippen molar-refractivity contribution in [2.24, 2.45) is 0 Å². The zero-order valence-electron chi connectivity index (χ0n) is 15.3. The summed E-state index contributed by atoms with van der Waals surface area (Å²) in [7, 11) is 0. The van der Waals surface area contributed by atoms with Gasteiger partial charge in [-0.15, -0.1) is 0 Å². The maximum Gasteiger partial charge on any atom is 0.416 e. The lowest BCUT2D eigenvalue weighted by Crippen LogP contribution is -2.39. The van der Waals surface area contributed by atoms with Gasteiger partial charge in [0.25, 0.3) is 5.91 Å². The third kappa shape index (κ3) is 4.94. The molecular formula is C20H22F3N3O2. The van der Waals surface area contributed by atoms with E-state index < -0.39 is 11.7 Å². The lowest BCUT2D eigenvalue weighted by atomic mass is 10.1. The highest BCUT2D eigenvalue weighted by Gasteiger charge is 2.30. The minimum Gasteiger partial charge on any atom is -0.337 e. The third-order valence-corrected chi connectivity index (χ3v) is 4.78. The van der Waals surface area contributed by atoms with Crippen LogP contribution in [-0.2, 0) is 11.0 Å². The summed E-state index contributed by atoms with van der Waals surface area (Å²) in [4.78, 5) is 28.4. The first kappa shape index (κ1) is 20.0. The van der Waals surface area contributed by atoms with Crippen molar-refractivity contribution in [3.8, 4) is 0 Å². The van der Waals surface area contributed by atoms with Gasteiger partial charge in [0.1, 0.15) is 0 Å². The average Bonchev–Trinajstić information content (AvgIpc) is 2.94. The monoisotopic (exact) mass is 393 g/mol. The minimum atomic E-state index is -4.41. The van der Waals surface area contributed by atoms with Gasteiger partial charge in [0.2, 0.25) is 0 Å². The summed E-state index contributed by atoms with van der Waals surface area (Å²) in [5.74, 6) is -0.0269. The van der Waals surface area contributed by atoms with E-state index in [4.69, 9.17) is 0 Å². The van der Waals surface area contributed by atoms with Crippen LogP contribution in [0.4, 0.5) is 23.7 Å². The van der Waals surface area contributed by atoms with Gasteiger partial charge in [-0.05, 0) is 43.5 Å². The van der Waals surface area contributed by atoms with E-state index in [1.807, 2.05) is 18.2 Å². The highest BCUT2D eigenvalue weighted by atomic mass is 19.4. The van der Waals surface area contributed by atoms with Crippen molar-refractivity contribution in [1.82, 2.24) is 9.80 Å². The first-order chi connectivity index (χ1) is 13.3. The van der Waals surface area contributed by atoms with Crippen LogP contribution in [0.15, 0.2) is 48.1 Å². The zero-order chi connectivity index (χ0) is 20.1. The number of hydrogen-bond donors (Lipinski definition) is 1. The summed E-state index contributed by atoms with van der Waals surface area (Å²) in [6.07, 6.45) is 3.78. The maximum atomic E-state index is 12.6. The molecule has 0 saturated carbocycles. The summed E-state index contributed by atoms with van der Waals surface area (Å²) in [6.45, 7) is 1.83. The van der Waals surface area contributed by atoms with Crippen molar-refractivity contribution < 1.29 is 22.8 Å². The Bertz CT molecular complexity index is 785. The van der Waals surface area contributed by atoms with Gasteiger partial charge in [-0.2, -0.15) is 13.2 Å². The molecule has 2 aliphatic rings. The first-order valence-corrected chi connectivity index (χ1v) is 9.24. The zero-order valence-corrected chi connectivity index (χ0v) is 15.3. The normalized spacial score (nSPS) is 17.8. The number of anilines is 1. The fourth-order valence-electron chi connectivity index (χ4n) is 3.22. The van der Waals surface area contributed by atoms with Gasteiger partial charge >= 0.3 is 12.2 Å². The van der Waals surface area contributed by atoms with Crippen LogP contribution in [0.3, 0.4) is 0 Å². The Hall–Kier alpha value is -2.77. The van der Waals surface area contributed by atoms with Crippen LogP contribution in [0, 0.1) is 0 Å². The molecule has 0 atom stereocenters. The van der Waals surface area contributed by atoms with Gasteiger partial charge in [0.15, 0.2) is 0 Å². The van der Waals surface area contributed by atoms with Crippen molar-refractivity contribution in [2.45, 2.75) is 25.4 Å². The molecule has 1 aliphatic carbocycles. The molecule has 0 unspecified atom stereocenters. The number of carbonyl (C=O) groups excluding carboxylic acids is 2. The van der Waals surface area contributed by atoms with Crippen molar-refractivity contribution in [3.05, 3.63) is 53.6 Å².